The minimum atomic E-state index is 0.156. The molecule has 5 nitrogen and oxygen atoms in total. The maximum atomic E-state index is 12.4. The van der Waals surface area contributed by atoms with Gasteiger partial charge in [-0.25, -0.2) is 0 Å². The third-order valence-electron chi connectivity index (χ3n) is 6.22. The highest BCUT2D eigenvalue weighted by atomic mass is 16.5. The molecule has 2 aromatic carbocycles. The number of benzene rings is 2. The van der Waals surface area contributed by atoms with Crippen molar-refractivity contribution in [2.75, 3.05) is 26.2 Å². The second-order valence-electron chi connectivity index (χ2n) is 8.50. The van der Waals surface area contributed by atoms with Crippen LogP contribution in [-0.4, -0.2) is 38.3 Å². The van der Waals surface area contributed by atoms with Gasteiger partial charge in [0.25, 0.3) is 0 Å². The number of hydrogen-bond acceptors (Lipinski definition) is 3. The van der Waals surface area contributed by atoms with Crippen LogP contribution >= 0.6 is 0 Å². The lowest BCUT2D eigenvalue weighted by atomic mass is 9.95. The predicted molar refractivity (Wildman–Crippen MR) is 116 cm³/mol. The first kappa shape index (κ1) is 20.9. The highest BCUT2D eigenvalue weighted by Gasteiger charge is 2.28. The van der Waals surface area contributed by atoms with E-state index in [1.54, 1.807) is 4.90 Å². The van der Waals surface area contributed by atoms with Gasteiger partial charge in [0.15, 0.2) is 0 Å². The summed E-state index contributed by atoms with van der Waals surface area (Å²) in [5.74, 6) is 1.27. The average molecular weight is 410 g/mol. The smallest absolute Gasteiger partial charge is 0.223 e. The number of likely N-dealkylation sites (tertiary alicyclic amines) is 1. The summed E-state index contributed by atoms with van der Waals surface area (Å²) < 4.78 is 11.5. The Balaban J connectivity index is 1.17. The lowest BCUT2D eigenvalue weighted by Gasteiger charge is -2.29. The maximum Gasteiger partial charge on any atom is 0.223 e. The fourth-order valence-corrected chi connectivity index (χ4v) is 4.36. The van der Waals surface area contributed by atoms with Crippen molar-refractivity contribution in [3.05, 3.63) is 65.7 Å². The zero-order valence-electron chi connectivity index (χ0n) is 17.6. The van der Waals surface area contributed by atoms with Gasteiger partial charge in [-0.3, -0.25) is 4.79 Å². The van der Waals surface area contributed by atoms with Gasteiger partial charge in [0.05, 0.1) is 19.2 Å². The van der Waals surface area contributed by atoms with Crippen LogP contribution in [0.4, 0.5) is 0 Å². The molecule has 2 saturated heterocycles. The standard InChI is InChI=1S/C25H32N2O3/c28-25(26-17-24-7-4-16-29-24)22-12-14-27(15-13-22)18-20-8-10-23(11-9-20)30-19-21-5-2-1-3-6-21/h1-3,5-6,8-11,22,24H,4,7,12-19H2,(H,26,28)/p+1/t24-/m0/s1. The van der Waals surface area contributed by atoms with Crippen molar-refractivity contribution >= 4 is 5.91 Å². The summed E-state index contributed by atoms with van der Waals surface area (Å²) in [7, 11) is 0. The van der Waals surface area contributed by atoms with Gasteiger partial charge in [-0.05, 0) is 42.7 Å². The van der Waals surface area contributed by atoms with Crippen molar-refractivity contribution in [2.45, 2.75) is 44.9 Å². The minimum absolute atomic E-state index is 0.156. The summed E-state index contributed by atoms with van der Waals surface area (Å²) in [5, 5.41) is 3.10. The number of ether oxygens (including phenoxy) is 2. The first-order chi connectivity index (χ1) is 14.8. The van der Waals surface area contributed by atoms with Crippen LogP contribution < -0.4 is 15.0 Å². The molecule has 0 saturated carbocycles. The molecular weight excluding hydrogens is 376 g/mol. The molecule has 2 N–H and O–H groups in total. The molecule has 5 heteroatoms. The number of piperidine rings is 1. The summed E-state index contributed by atoms with van der Waals surface area (Å²) in [6, 6.07) is 18.7. The Bertz CT molecular complexity index is 780. The molecule has 0 spiro atoms. The predicted octanol–water partition coefficient (Wildman–Crippen LogP) is 2.36. The zero-order chi connectivity index (χ0) is 20.6. The number of quaternary nitrogens is 1. The van der Waals surface area contributed by atoms with Crippen LogP contribution in [0.2, 0.25) is 0 Å². The Kier molecular flexibility index (Phi) is 7.38. The number of amides is 1. The number of hydrogen-bond donors (Lipinski definition) is 2. The van der Waals surface area contributed by atoms with E-state index in [-0.39, 0.29) is 17.9 Å². The first-order valence-electron chi connectivity index (χ1n) is 11.2. The Labute approximate surface area is 179 Å². The molecule has 2 aliphatic rings. The number of carbonyl (C=O) groups excluding carboxylic acids is 1. The Morgan fingerprint density at radius 3 is 2.47 bits per heavy atom. The summed E-state index contributed by atoms with van der Waals surface area (Å²) >= 11 is 0. The minimum Gasteiger partial charge on any atom is -0.489 e. The maximum absolute atomic E-state index is 12.4. The van der Waals surface area contributed by atoms with E-state index < -0.39 is 0 Å². The molecule has 1 amide bonds. The molecule has 4 rings (SSSR count). The molecule has 160 valence electrons. The van der Waals surface area contributed by atoms with Crippen LogP contribution in [0, 0.1) is 5.92 Å². The van der Waals surface area contributed by atoms with Gasteiger partial charge in [0, 0.05) is 37.5 Å². The van der Waals surface area contributed by atoms with E-state index in [4.69, 9.17) is 9.47 Å². The van der Waals surface area contributed by atoms with Crippen molar-refractivity contribution in [3.8, 4) is 5.75 Å². The van der Waals surface area contributed by atoms with Crippen LogP contribution in [-0.2, 0) is 22.7 Å². The van der Waals surface area contributed by atoms with Crippen LogP contribution in [0.1, 0.15) is 36.8 Å². The van der Waals surface area contributed by atoms with Crippen molar-refractivity contribution in [1.29, 1.82) is 0 Å². The number of rotatable bonds is 8. The summed E-state index contributed by atoms with van der Waals surface area (Å²) in [4.78, 5) is 14.0. The number of nitrogens with one attached hydrogen (secondary N) is 2. The summed E-state index contributed by atoms with van der Waals surface area (Å²) in [6.45, 7) is 5.19. The molecule has 0 unspecified atom stereocenters. The van der Waals surface area contributed by atoms with E-state index in [2.05, 4.69) is 41.7 Å². The van der Waals surface area contributed by atoms with Crippen LogP contribution in [0.25, 0.3) is 0 Å². The van der Waals surface area contributed by atoms with Crippen molar-refractivity contribution < 1.29 is 19.2 Å². The monoisotopic (exact) mass is 409 g/mol. The molecule has 2 aliphatic heterocycles. The van der Waals surface area contributed by atoms with Gasteiger partial charge in [0.2, 0.25) is 5.91 Å². The van der Waals surface area contributed by atoms with Gasteiger partial charge in [-0.15, -0.1) is 0 Å². The zero-order valence-corrected chi connectivity index (χ0v) is 17.6. The molecule has 2 fully saturated rings. The van der Waals surface area contributed by atoms with Gasteiger partial charge in [-0.1, -0.05) is 30.3 Å². The quantitative estimate of drug-likeness (QED) is 0.704. The summed E-state index contributed by atoms with van der Waals surface area (Å²) in [6.07, 6.45) is 4.33. The van der Waals surface area contributed by atoms with Crippen molar-refractivity contribution in [2.24, 2.45) is 5.92 Å². The van der Waals surface area contributed by atoms with E-state index in [1.165, 1.54) is 11.1 Å². The van der Waals surface area contributed by atoms with E-state index in [0.717, 1.165) is 57.7 Å². The van der Waals surface area contributed by atoms with Gasteiger partial charge >= 0.3 is 0 Å². The van der Waals surface area contributed by atoms with E-state index in [9.17, 15) is 4.79 Å². The highest BCUT2D eigenvalue weighted by Crippen LogP contribution is 2.15. The SMILES string of the molecule is O=C(NC[C@@H]1CCCO1)C1CC[NH+](Cc2ccc(OCc3ccccc3)cc2)CC1. The fraction of sp³-hybridized carbons (Fsp3) is 0.480. The highest BCUT2D eigenvalue weighted by molar-refractivity contribution is 5.78. The lowest BCUT2D eigenvalue weighted by molar-refractivity contribution is -0.919. The Hall–Kier alpha value is -2.37. The normalized spacial score (nSPS) is 23.8. The van der Waals surface area contributed by atoms with Gasteiger partial charge < -0.3 is 19.7 Å². The largest absolute Gasteiger partial charge is 0.489 e. The first-order valence-corrected chi connectivity index (χ1v) is 11.2. The second kappa shape index (κ2) is 10.6. The Morgan fingerprint density at radius 2 is 1.77 bits per heavy atom. The van der Waals surface area contributed by atoms with Crippen LogP contribution in [0.3, 0.4) is 0 Å². The third kappa shape index (κ3) is 6.07. The second-order valence-corrected chi connectivity index (χ2v) is 8.50. The molecule has 0 aromatic heterocycles. The molecular formula is C25H33N2O3+. The summed E-state index contributed by atoms with van der Waals surface area (Å²) in [5.41, 5.74) is 2.49. The fourth-order valence-electron chi connectivity index (χ4n) is 4.36. The molecule has 0 aliphatic carbocycles. The van der Waals surface area contributed by atoms with Crippen LogP contribution in [0.15, 0.2) is 54.6 Å². The number of carbonyl (C=O) groups is 1. The van der Waals surface area contributed by atoms with Crippen LogP contribution in [0.5, 0.6) is 5.75 Å². The van der Waals surface area contributed by atoms with E-state index in [1.807, 2.05) is 18.2 Å². The molecule has 0 radical (unpaired) electrons. The lowest BCUT2D eigenvalue weighted by Crippen LogP contribution is -3.11. The van der Waals surface area contributed by atoms with E-state index in [0.29, 0.717) is 13.2 Å². The van der Waals surface area contributed by atoms with Gasteiger partial charge in [0.1, 0.15) is 18.9 Å². The molecule has 2 heterocycles. The topological polar surface area (TPSA) is 52.0 Å². The molecule has 1 atom stereocenters. The van der Waals surface area contributed by atoms with Crippen molar-refractivity contribution in [3.63, 3.8) is 0 Å². The van der Waals surface area contributed by atoms with E-state index >= 15 is 0 Å². The average Bonchev–Trinajstić information content (AvgIpc) is 3.32. The van der Waals surface area contributed by atoms with Crippen molar-refractivity contribution in [1.82, 2.24) is 5.32 Å². The molecule has 30 heavy (non-hydrogen) atoms. The third-order valence-corrected chi connectivity index (χ3v) is 6.22. The Morgan fingerprint density at radius 1 is 1.00 bits per heavy atom. The van der Waals surface area contributed by atoms with Gasteiger partial charge in [-0.2, -0.15) is 0 Å². The molecule has 0 bridgehead atoms. The molecule has 2 aromatic rings.